The van der Waals surface area contributed by atoms with Crippen LogP contribution >= 0.6 is 12.4 Å². The molecule has 16 heavy (non-hydrogen) atoms. The van der Waals surface area contributed by atoms with Crippen LogP contribution < -0.4 is 5.32 Å². The SMILES string of the molecule is CCN(C(=O)CCOC1CNC1)C(C)C.Cl. The number of nitrogens with zero attached hydrogens (tertiary/aromatic N) is 1. The molecule has 1 amide bonds. The van der Waals surface area contributed by atoms with E-state index in [1.54, 1.807) is 0 Å². The second kappa shape index (κ2) is 7.87. The quantitative estimate of drug-likeness (QED) is 0.766. The number of amides is 1. The zero-order chi connectivity index (χ0) is 11.3. The highest BCUT2D eigenvalue weighted by molar-refractivity contribution is 5.85. The summed E-state index contributed by atoms with van der Waals surface area (Å²) in [7, 11) is 0. The summed E-state index contributed by atoms with van der Waals surface area (Å²) in [4.78, 5) is 13.6. The Kier molecular flexibility index (Phi) is 7.72. The van der Waals surface area contributed by atoms with Crippen LogP contribution in [0.25, 0.3) is 0 Å². The van der Waals surface area contributed by atoms with Crippen LogP contribution in [0.5, 0.6) is 0 Å². The van der Waals surface area contributed by atoms with Gasteiger partial charge in [-0.15, -0.1) is 12.4 Å². The molecule has 1 N–H and O–H groups in total. The first-order chi connectivity index (χ1) is 7.15. The van der Waals surface area contributed by atoms with Crippen molar-refractivity contribution in [2.75, 3.05) is 26.2 Å². The van der Waals surface area contributed by atoms with E-state index in [1.165, 1.54) is 0 Å². The van der Waals surface area contributed by atoms with Gasteiger partial charge in [-0.2, -0.15) is 0 Å². The van der Waals surface area contributed by atoms with Gasteiger partial charge in [0.1, 0.15) is 0 Å². The van der Waals surface area contributed by atoms with Gasteiger partial charge in [0.05, 0.1) is 19.1 Å². The molecule has 0 unspecified atom stereocenters. The Balaban J connectivity index is 0.00000225. The molecule has 1 rings (SSSR count). The van der Waals surface area contributed by atoms with Crippen LogP contribution in [-0.4, -0.2) is 49.2 Å². The van der Waals surface area contributed by atoms with Crippen LogP contribution in [0.15, 0.2) is 0 Å². The van der Waals surface area contributed by atoms with E-state index in [2.05, 4.69) is 5.32 Å². The number of hydrogen-bond donors (Lipinski definition) is 1. The smallest absolute Gasteiger partial charge is 0.225 e. The average molecular weight is 251 g/mol. The van der Waals surface area contributed by atoms with Crippen molar-refractivity contribution in [3.05, 3.63) is 0 Å². The maximum absolute atomic E-state index is 11.7. The van der Waals surface area contributed by atoms with Crippen LogP contribution in [0.4, 0.5) is 0 Å². The Hall–Kier alpha value is -0.320. The van der Waals surface area contributed by atoms with Gasteiger partial charge < -0.3 is 15.0 Å². The number of ether oxygens (including phenoxy) is 1. The summed E-state index contributed by atoms with van der Waals surface area (Å²) in [5, 5.41) is 3.13. The molecule has 1 fully saturated rings. The summed E-state index contributed by atoms with van der Waals surface area (Å²) in [6, 6.07) is 0.285. The van der Waals surface area contributed by atoms with E-state index in [-0.39, 0.29) is 24.4 Å². The minimum atomic E-state index is 0. The monoisotopic (exact) mass is 250 g/mol. The molecule has 0 aromatic carbocycles. The topological polar surface area (TPSA) is 41.6 Å². The van der Waals surface area contributed by atoms with Crippen molar-refractivity contribution in [3.8, 4) is 0 Å². The van der Waals surface area contributed by atoms with Crippen LogP contribution in [0.3, 0.4) is 0 Å². The highest BCUT2D eigenvalue weighted by atomic mass is 35.5. The molecule has 0 radical (unpaired) electrons. The number of hydrogen-bond acceptors (Lipinski definition) is 3. The average Bonchev–Trinajstić information content (AvgIpc) is 2.09. The largest absolute Gasteiger partial charge is 0.375 e. The number of halogens is 1. The molecule has 1 heterocycles. The highest BCUT2D eigenvalue weighted by Gasteiger charge is 2.19. The van der Waals surface area contributed by atoms with E-state index in [0.29, 0.717) is 19.1 Å². The molecule has 0 bridgehead atoms. The van der Waals surface area contributed by atoms with Crippen LogP contribution in [0, 0.1) is 0 Å². The fourth-order valence-corrected chi connectivity index (χ4v) is 1.67. The van der Waals surface area contributed by atoms with E-state index in [0.717, 1.165) is 19.6 Å². The van der Waals surface area contributed by atoms with Gasteiger partial charge in [-0.05, 0) is 20.8 Å². The Bertz CT molecular complexity index is 208. The molecule has 0 aromatic rings. The Morgan fingerprint density at radius 3 is 2.50 bits per heavy atom. The maximum atomic E-state index is 11.7. The Labute approximate surface area is 104 Å². The van der Waals surface area contributed by atoms with Gasteiger partial charge in [0.15, 0.2) is 0 Å². The molecule has 5 heteroatoms. The van der Waals surface area contributed by atoms with Gasteiger partial charge in [-0.3, -0.25) is 4.79 Å². The van der Waals surface area contributed by atoms with Crippen LogP contribution in [0.2, 0.25) is 0 Å². The Morgan fingerprint density at radius 1 is 1.50 bits per heavy atom. The van der Waals surface area contributed by atoms with Gasteiger partial charge in [-0.1, -0.05) is 0 Å². The molecule has 0 aliphatic carbocycles. The normalized spacial score (nSPS) is 15.5. The fraction of sp³-hybridized carbons (Fsp3) is 0.909. The van der Waals surface area contributed by atoms with Crippen molar-refractivity contribution < 1.29 is 9.53 Å². The fourth-order valence-electron chi connectivity index (χ4n) is 1.67. The lowest BCUT2D eigenvalue weighted by Crippen LogP contribution is -2.48. The van der Waals surface area contributed by atoms with E-state index < -0.39 is 0 Å². The van der Waals surface area contributed by atoms with E-state index in [9.17, 15) is 4.79 Å². The number of nitrogens with one attached hydrogen (secondary N) is 1. The summed E-state index contributed by atoms with van der Waals surface area (Å²) >= 11 is 0. The predicted molar refractivity (Wildman–Crippen MR) is 67.0 cm³/mol. The van der Waals surface area contributed by atoms with Crippen molar-refractivity contribution in [1.82, 2.24) is 10.2 Å². The summed E-state index contributed by atoms with van der Waals surface area (Å²) in [5.74, 6) is 0.194. The molecular formula is C11H23ClN2O2. The summed E-state index contributed by atoms with van der Waals surface area (Å²) in [5.41, 5.74) is 0. The standard InChI is InChI=1S/C11H22N2O2.ClH/c1-4-13(9(2)3)11(14)5-6-15-10-7-12-8-10;/h9-10,12H,4-8H2,1-3H3;1H. The van der Waals surface area contributed by atoms with Crippen molar-refractivity contribution in [1.29, 1.82) is 0 Å². The molecule has 1 aliphatic heterocycles. The second-order valence-electron chi connectivity index (χ2n) is 4.17. The van der Waals surface area contributed by atoms with E-state index >= 15 is 0 Å². The zero-order valence-electron chi connectivity index (χ0n) is 10.4. The highest BCUT2D eigenvalue weighted by Crippen LogP contribution is 2.03. The lowest BCUT2D eigenvalue weighted by atomic mass is 10.2. The molecule has 4 nitrogen and oxygen atoms in total. The minimum Gasteiger partial charge on any atom is -0.375 e. The summed E-state index contributed by atoms with van der Waals surface area (Å²) in [6.07, 6.45) is 0.828. The molecule has 0 saturated carbocycles. The van der Waals surface area contributed by atoms with Gasteiger partial charge in [0, 0.05) is 25.7 Å². The van der Waals surface area contributed by atoms with Crippen molar-refractivity contribution in [2.45, 2.75) is 39.3 Å². The van der Waals surface area contributed by atoms with Crippen LogP contribution in [0.1, 0.15) is 27.2 Å². The molecular weight excluding hydrogens is 228 g/mol. The molecule has 0 atom stereocenters. The first kappa shape index (κ1) is 15.7. The molecule has 0 spiro atoms. The second-order valence-corrected chi connectivity index (χ2v) is 4.17. The maximum Gasteiger partial charge on any atom is 0.225 e. The lowest BCUT2D eigenvalue weighted by molar-refractivity contribution is -0.134. The lowest BCUT2D eigenvalue weighted by Gasteiger charge is -2.28. The van der Waals surface area contributed by atoms with Gasteiger partial charge in [0.25, 0.3) is 0 Å². The van der Waals surface area contributed by atoms with Crippen molar-refractivity contribution in [2.24, 2.45) is 0 Å². The molecule has 0 aromatic heterocycles. The van der Waals surface area contributed by atoms with Crippen LogP contribution in [-0.2, 0) is 9.53 Å². The third-order valence-electron chi connectivity index (χ3n) is 2.70. The molecule has 1 saturated heterocycles. The molecule has 1 aliphatic rings. The van der Waals surface area contributed by atoms with Crippen molar-refractivity contribution >= 4 is 18.3 Å². The van der Waals surface area contributed by atoms with E-state index in [4.69, 9.17) is 4.74 Å². The summed E-state index contributed by atoms with van der Waals surface area (Å²) < 4.78 is 5.51. The summed E-state index contributed by atoms with van der Waals surface area (Å²) in [6.45, 7) is 9.27. The van der Waals surface area contributed by atoms with Gasteiger partial charge in [-0.25, -0.2) is 0 Å². The van der Waals surface area contributed by atoms with Crippen molar-refractivity contribution in [3.63, 3.8) is 0 Å². The third kappa shape index (κ3) is 4.68. The predicted octanol–water partition coefficient (Wildman–Crippen LogP) is 1.04. The van der Waals surface area contributed by atoms with E-state index in [1.807, 2.05) is 25.7 Å². The Morgan fingerprint density at radius 2 is 2.12 bits per heavy atom. The number of rotatable bonds is 6. The number of carbonyl (C=O) groups is 1. The zero-order valence-corrected chi connectivity index (χ0v) is 11.2. The van der Waals surface area contributed by atoms with Gasteiger partial charge in [0.2, 0.25) is 5.91 Å². The molecule has 96 valence electrons. The first-order valence-electron chi connectivity index (χ1n) is 5.77. The first-order valence-corrected chi connectivity index (χ1v) is 5.77. The van der Waals surface area contributed by atoms with Gasteiger partial charge >= 0.3 is 0 Å². The third-order valence-corrected chi connectivity index (χ3v) is 2.70. The number of carbonyl (C=O) groups excluding carboxylic acids is 1. The minimum absolute atomic E-state index is 0.